The van der Waals surface area contributed by atoms with Crippen molar-refractivity contribution < 1.29 is 4.79 Å². The van der Waals surface area contributed by atoms with Crippen LogP contribution in [0, 0.1) is 5.92 Å². The van der Waals surface area contributed by atoms with E-state index >= 15 is 0 Å². The number of nitrogens with zero attached hydrogens (tertiary/aromatic N) is 4. The summed E-state index contributed by atoms with van der Waals surface area (Å²) >= 11 is 1.67. The van der Waals surface area contributed by atoms with Gasteiger partial charge in [0.05, 0.1) is 0 Å². The molecule has 0 aromatic carbocycles. The maximum atomic E-state index is 12.1. The Bertz CT molecular complexity index is 607. The number of aromatic nitrogens is 3. The summed E-state index contributed by atoms with van der Waals surface area (Å²) < 4.78 is 1.89. The van der Waals surface area contributed by atoms with Gasteiger partial charge < -0.3 is 15.5 Å². The van der Waals surface area contributed by atoms with Gasteiger partial charge >= 0.3 is 6.03 Å². The molecule has 2 amide bonds. The topological polar surface area (TPSA) is 75.1 Å². The number of nitrogens with one attached hydrogen (secondary N) is 2. The van der Waals surface area contributed by atoms with E-state index in [1.54, 1.807) is 17.5 Å². The summed E-state index contributed by atoms with van der Waals surface area (Å²) in [6.45, 7) is 5.43. The highest BCUT2D eigenvalue weighted by molar-refractivity contribution is 7.13. The molecule has 7 nitrogen and oxygen atoms in total. The van der Waals surface area contributed by atoms with Gasteiger partial charge in [0.25, 0.3) is 0 Å². The summed E-state index contributed by atoms with van der Waals surface area (Å²) in [5.41, 5.74) is 0. The third kappa shape index (κ3) is 4.70. The zero-order valence-corrected chi connectivity index (χ0v) is 14.7. The average molecular weight is 348 g/mol. The van der Waals surface area contributed by atoms with Gasteiger partial charge in [-0.3, -0.25) is 4.68 Å². The zero-order valence-electron chi connectivity index (χ0n) is 13.9. The first-order valence-corrected chi connectivity index (χ1v) is 9.25. The number of carbonyl (C=O) groups excluding carboxylic acids is 1. The molecule has 3 rings (SSSR count). The number of hydrogen-bond donors (Lipinski definition) is 2. The normalized spacial score (nSPS) is 16.8. The van der Waals surface area contributed by atoms with Crippen molar-refractivity contribution in [3.05, 3.63) is 30.0 Å². The molecule has 0 unspecified atom stereocenters. The predicted molar refractivity (Wildman–Crippen MR) is 95.3 cm³/mol. The first kappa shape index (κ1) is 16.8. The highest BCUT2D eigenvalue weighted by Gasteiger charge is 2.22. The highest BCUT2D eigenvalue weighted by Crippen LogP contribution is 2.21. The predicted octanol–water partition coefficient (Wildman–Crippen LogP) is 1.94. The van der Waals surface area contributed by atoms with Crippen LogP contribution in [0.15, 0.2) is 30.0 Å². The molecule has 1 fully saturated rings. The number of amides is 2. The largest absolute Gasteiger partial charge is 0.348 e. The summed E-state index contributed by atoms with van der Waals surface area (Å²) in [6.07, 6.45) is 7.45. The van der Waals surface area contributed by atoms with E-state index in [0.717, 1.165) is 37.6 Å². The van der Waals surface area contributed by atoms with Gasteiger partial charge in [0.1, 0.15) is 0 Å². The van der Waals surface area contributed by atoms with Crippen molar-refractivity contribution in [2.75, 3.05) is 24.5 Å². The van der Waals surface area contributed by atoms with Crippen LogP contribution in [-0.2, 0) is 6.54 Å². The molecule has 3 heterocycles. The van der Waals surface area contributed by atoms with Crippen LogP contribution in [0.3, 0.4) is 0 Å². The number of anilines is 1. The van der Waals surface area contributed by atoms with E-state index in [1.807, 2.05) is 28.5 Å². The Morgan fingerprint density at radius 3 is 2.92 bits per heavy atom. The van der Waals surface area contributed by atoms with Crippen molar-refractivity contribution in [3.63, 3.8) is 0 Å². The smallest absolute Gasteiger partial charge is 0.315 e. The lowest BCUT2D eigenvalue weighted by molar-refractivity contribution is 0.232. The van der Waals surface area contributed by atoms with Crippen molar-refractivity contribution in [2.24, 2.45) is 5.92 Å². The molecule has 0 bridgehead atoms. The first-order valence-electron chi connectivity index (χ1n) is 8.37. The van der Waals surface area contributed by atoms with Gasteiger partial charge in [-0.2, -0.15) is 5.10 Å². The quantitative estimate of drug-likeness (QED) is 0.837. The van der Waals surface area contributed by atoms with E-state index in [-0.39, 0.29) is 12.1 Å². The number of urea groups is 1. The third-order valence-electron chi connectivity index (χ3n) is 4.19. The van der Waals surface area contributed by atoms with E-state index in [2.05, 4.69) is 32.5 Å². The van der Waals surface area contributed by atoms with Gasteiger partial charge in [-0.05, 0) is 24.8 Å². The molecule has 1 saturated heterocycles. The van der Waals surface area contributed by atoms with Crippen molar-refractivity contribution in [3.8, 4) is 0 Å². The lowest BCUT2D eigenvalue weighted by Crippen LogP contribution is -2.48. The molecule has 0 saturated carbocycles. The molecule has 1 atom stereocenters. The average Bonchev–Trinajstić information content (AvgIpc) is 3.27. The molecule has 2 aromatic rings. The summed E-state index contributed by atoms with van der Waals surface area (Å²) in [5.74, 6) is 0.336. The molecule has 130 valence electrons. The van der Waals surface area contributed by atoms with Crippen LogP contribution < -0.4 is 15.5 Å². The number of piperidine rings is 1. The Morgan fingerprint density at radius 2 is 2.25 bits per heavy atom. The highest BCUT2D eigenvalue weighted by atomic mass is 32.1. The fourth-order valence-corrected chi connectivity index (χ4v) is 3.58. The summed E-state index contributed by atoms with van der Waals surface area (Å²) in [6, 6.07) is 2.07. The fourth-order valence-electron chi connectivity index (χ4n) is 2.88. The van der Waals surface area contributed by atoms with Gasteiger partial charge in [0.15, 0.2) is 5.13 Å². The lowest BCUT2D eigenvalue weighted by Gasteiger charge is -2.32. The molecule has 1 aliphatic heterocycles. The second kappa shape index (κ2) is 8.14. The Kier molecular flexibility index (Phi) is 5.68. The van der Waals surface area contributed by atoms with Crippen molar-refractivity contribution >= 4 is 22.5 Å². The maximum absolute atomic E-state index is 12.1. The van der Waals surface area contributed by atoms with Crippen LogP contribution in [0.2, 0.25) is 0 Å². The van der Waals surface area contributed by atoms with E-state index in [0.29, 0.717) is 12.5 Å². The molecule has 0 aliphatic carbocycles. The summed E-state index contributed by atoms with van der Waals surface area (Å²) in [4.78, 5) is 18.7. The van der Waals surface area contributed by atoms with Crippen molar-refractivity contribution in [2.45, 2.75) is 32.4 Å². The number of carbonyl (C=O) groups is 1. The minimum Gasteiger partial charge on any atom is -0.348 e. The van der Waals surface area contributed by atoms with E-state index < -0.39 is 0 Å². The molecule has 0 radical (unpaired) electrons. The lowest BCUT2D eigenvalue weighted by atomic mass is 10.1. The summed E-state index contributed by atoms with van der Waals surface area (Å²) in [5, 5.41) is 13.3. The number of rotatable bonds is 6. The number of hydrogen-bond acceptors (Lipinski definition) is 5. The minimum absolute atomic E-state index is 0.0741. The van der Waals surface area contributed by atoms with E-state index in [1.165, 1.54) is 0 Å². The molecule has 0 spiro atoms. The van der Waals surface area contributed by atoms with Gasteiger partial charge in [-0.1, -0.05) is 6.92 Å². The standard InChI is InChI=1S/C16H24N6OS/c1-13(12-22-7-2-5-19-22)11-18-15(23)20-14-3-8-21(9-4-14)16-17-6-10-24-16/h2,5-7,10,13-14H,3-4,8-9,11-12H2,1H3,(H2,18,20,23)/t13-/m1/s1. The SMILES string of the molecule is C[C@H](CNC(=O)NC1CCN(c2nccs2)CC1)Cn1cccn1. The maximum Gasteiger partial charge on any atom is 0.315 e. The van der Waals surface area contributed by atoms with Gasteiger partial charge in [-0.25, -0.2) is 9.78 Å². The van der Waals surface area contributed by atoms with Crippen molar-refractivity contribution in [1.29, 1.82) is 0 Å². The van der Waals surface area contributed by atoms with E-state index in [9.17, 15) is 4.79 Å². The molecular formula is C16H24N6OS. The van der Waals surface area contributed by atoms with Crippen LogP contribution in [0.5, 0.6) is 0 Å². The van der Waals surface area contributed by atoms with Crippen LogP contribution in [0.4, 0.5) is 9.93 Å². The van der Waals surface area contributed by atoms with Crippen LogP contribution in [0.1, 0.15) is 19.8 Å². The van der Waals surface area contributed by atoms with Gasteiger partial charge in [0, 0.05) is 56.2 Å². The van der Waals surface area contributed by atoms with E-state index in [4.69, 9.17) is 0 Å². The monoisotopic (exact) mass is 348 g/mol. The molecule has 2 N–H and O–H groups in total. The summed E-state index contributed by atoms with van der Waals surface area (Å²) in [7, 11) is 0. The molecule has 1 aliphatic rings. The fraction of sp³-hybridized carbons (Fsp3) is 0.562. The first-order chi connectivity index (χ1) is 11.7. The Hall–Kier alpha value is -2.09. The van der Waals surface area contributed by atoms with Crippen LogP contribution in [-0.4, -0.2) is 46.5 Å². The molecule has 24 heavy (non-hydrogen) atoms. The minimum atomic E-state index is -0.0741. The van der Waals surface area contributed by atoms with Gasteiger partial charge in [-0.15, -0.1) is 11.3 Å². The van der Waals surface area contributed by atoms with Crippen molar-refractivity contribution in [1.82, 2.24) is 25.4 Å². The Morgan fingerprint density at radius 1 is 1.42 bits per heavy atom. The second-order valence-corrected chi connectivity index (χ2v) is 7.14. The molecule has 8 heteroatoms. The number of thiazole rings is 1. The van der Waals surface area contributed by atoms with Crippen LogP contribution >= 0.6 is 11.3 Å². The molecular weight excluding hydrogens is 324 g/mol. The Labute approximate surface area is 146 Å². The van der Waals surface area contributed by atoms with Crippen LogP contribution in [0.25, 0.3) is 0 Å². The van der Waals surface area contributed by atoms with Gasteiger partial charge in [0.2, 0.25) is 0 Å². The third-order valence-corrected chi connectivity index (χ3v) is 5.02. The second-order valence-electron chi connectivity index (χ2n) is 6.26. The zero-order chi connectivity index (χ0) is 16.8. The molecule has 2 aromatic heterocycles. The Balaban J connectivity index is 1.34.